The molecular formula is C17H16N4O3S. The van der Waals surface area contributed by atoms with E-state index in [1.807, 2.05) is 36.4 Å². The molecule has 0 unspecified atom stereocenters. The lowest BCUT2D eigenvalue weighted by atomic mass is 9.96. The number of fused-ring (bicyclic) bond motifs is 2. The Morgan fingerprint density at radius 3 is 2.60 bits per heavy atom. The van der Waals surface area contributed by atoms with Crippen molar-refractivity contribution in [1.29, 1.82) is 0 Å². The molecule has 1 aromatic heterocycles. The molecule has 0 bridgehead atoms. The minimum atomic E-state index is -3.68. The summed E-state index contributed by atoms with van der Waals surface area (Å²) in [5.74, 6) is 0. The standard InChI is InChI=1S/C17H16N4O3S/c18-25(23,24)21-8-7-11-9-12(5-6-13(11)10-21)16-14-3-1-2-4-15(14)17(22)20-19-16/h1-6,9H,7-8,10H2,(H,20,22)(H2,18,23,24). The zero-order valence-corrected chi connectivity index (χ0v) is 14.1. The molecule has 0 aliphatic carbocycles. The molecule has 3 aromatic rings. The number of aromatic nitrogens is 2. The van der Waals surface area contributed by atoms with Crippen LogP contribution in [0.2, 0.25) is 0 Å². The van der Waals surface area contributed by atoms with Gasteiger partial charge in [0.05, 0.1) is 11.1 Å². The molecule has 2 aromatic carbocycles. The molecule has 2 heterocycles. The normalized spacial score (nSPS) is 15.2. The van der Waals surface area contributed by atoms with Crippen LogP contribution in [0, 0.1) is 0 Å². The Balaban J connectivity index is 1.80. The van der Waals surface area contributed by atoms with E-state index in [9.17, 15) is 13.2 Å². The van der Waals surface area contributed by atoms with E-state index in [4.69, 9.17) is 5.14 Å². The molecule has 8 heteroatoms. The smallest absolute Gasteiger partial charge is 0.267 e. The first-order valence-electron chi connectivity index (χ1n) is 7.81. The van der Waals surface area contributed by atoms with Crippen molar-refractivity contribution in [2.45, 2.75) is 13.0 Å². The molecule has 0 radical (unpaired) electrons. The van der Waals surface area contributed by atoms with Crippen molar-refractivity contribution >= 4 is 21.0 Å². The van der Waals surface area contributed by atoms with Crippen LogP contribution in [0.15, 0.2) is 47.3 Å². The minimum Gasteiger partial charge on any atom is -0.267 e. The molecule has 1 aliphatic heterocycles. The molecular weight excluding hydrogens is 340 g/mol. The summed E-state index contributed by atoms with van der Waals surface area (Å²) in [6.45, 7) is 0.628. The Kier molecular flexibility index (Phi) is 3.68. The van der Waals surface area contributed by atoms with Crippen LogP contribution in [-0.2, 0) is 23.2 Å². The molecule has 25 heavy (non-hydrogen) atoms. The largest absolute Gasteiger partial charge is 0.277 e. The van der Waals surface area contributed by atoms with E-state index in [0.717, 1.165) is 22.1 Å². The van der Waals surface area contributed by atoms with E-state index in [1.165, 1.54) is 4.31 Å². The highest BCUT2D eigenvalue weighted by atomic mass is 32.2. The van der Waals surface area contributed by atoms with Crippen molar-refractivity contribution < 1.29 is 8.42 Å². The Morgan fingerprint density at radius 2 is 1.84 bits per heavy atom. The molecule has 0 spiro atoms. The van der Waals surface area contributed by atoms with E-state index in [-0.39, 0.29) is 12.1 Å². The molecule has 0 atom stereocenters. The number of nitrogens with zero attached hydrogens (tertiary/aromatic N) is 2. The summed E-state index contributed by atoms with van der Waals surface area (Å²) in [5.41, 5.74) is 3.36. The number of nitrogens with two attached hydrogens (primary N) is 1. The third-order valence-electron chi connectivity index (χ3n) is 4.51. The van der Waals surface area contributed by atoms with Gasteiger partial charge >= 0.3 is 0 Å². The Labute approximate surface area is 144 Å². The first kappa shape index (κ1) is 15.9. The molecule has 0 saturated carbocycles. The summed E-state index contributed by atoms with van der Waals surface area (Å²) in [5, 5.41) is 13.3. The molecule has 0 amide bonds. The van der Waals surface area contributed by atoms with Gasteiger partial charge in [-0.3, -0.25) is 4.79 Å². The van der Waals surface area contributed by atoms with Crippen LogP contribution in [0.4, 0.5) is 0 Å². The van der Waals surface area contributed by atoms with Gasteiger partial charge in [-0.25, -0.2) is 10.2 Å². The first-order valence-corrected chi connectivity index (χ1v) is 9.31. The van der Waals surface area contributed by atoms with E-state index in [0.29, 0.717) is 24.0 Å². The summed E-state index contributed by atoms with van der Waals surface area (Å²) in [7, 11) is -3.68. The minimum absolute atomic E-state index is 0.221. The average molecular weight is 356 g/mol. The van der Waals surface area contributed by atoms with Crippen molar-refractivity contribution in [2.24, 2.45) is 5.14 Å². The Morgan fingerprint density at radius 1 is 1.08 bits per heavy atom. The predicted molar refractivity (Wildman–Crippen MR) is 95.0 cm³/mol. The highest BCUT2D eigenvalue weighted by Crippen LogP contribution is 2.28. The fourth-order valence-corrected chi connectivity index (χ4v) is 3.89. The Hall–Kier alpha value is -2.55. The summed E-state index contributed by atoms with van der Waals surface area (Å²) < 4.78 is 24.3. The predicted octanol–water partition coefficient (Wildman–Crippen LogP) is 1.15. The van der Waals surface area contributed by atoms with Gasteiger partial charge in [0, 0.05) is 24.0 Å². The summed E-state index contributed by atoms with van der Waals surface area (Å²) >= 11 is 0. The number of hydrogen-bond acceptors (Lipinski definition) is 4. The van der Waals surface area contributed by atoms with E-state index in [1.54, 1.807) is 6.07 Å². The van der Waals surface area contributed by atoms with Crippen LogP contribution in [-0.4, -0.2) is 29.5 Å². The summed E-state index contributed by atoms with van der Waals surface area (Å²) in [6.07, 6.45) is 0.584. The summed E-state index contributed by atoms with van der Waals surface area (Å²) in [4.78, 5) is 11.9. The first-order chi connectivity index (χ1) is 11.9. The van der Waals surface area contributed by atoms with E-state index < -0.39 is 10.2 Å². The number of aromatic amines is 1. The second kappa shape index (κ2) is 5.76. The monoisotopic (exact) mass is 356 g/mol. The van der Waals surface area contributed by atoms with Crippen LogP contribution in [0.5, 0.6) is 0 Å². The second-order valence-electron chi connectivity index (χ2n) is 6.06. The van der Waals surface area contributed by atoms with Crippen molar-refractivity contribution in [2.75, 3.05) is 6.54 Å². The van der Waals surface area contributed by atoms with E-state index in [2.05, 4.69) is 10.2 Å². The zero-order chi connectivity index (χ0) is 17.6. The summed E-state index contributed by atoms with van der Waals surface area (Å²) in [6, 6.07) is 13.1. The van der Waals surface area contributed by atoms with Crippen molar-refractivity contribution in [3.63, 3.8) is 0 Å². The number of benzene rings is 2. The van der Waals surface area contributed by atoms with Crippen LogP contribution < -0.4 is 10.7 Å². The lowest BCUT2D eigenvalue weighted by Crippen LogP contribution is -2.40. The SMILES string of the molecule is NS(=O)(=O)N1CCc2cc(-c3n[nH]c(=O)c4ccccc34)ccc2C1. The van der Waals surface area contributed by atoms with Gasteiger partial charge in [-0.15, -0.1) is 0 Å². The van der Waals surface area contributed by atoms with Gasteiger partial charge in [-0.1, -0.05) is 30.3 Å². The lowest BCUT2D eigenvalue weighted by molar-refractivity contribution is 0.392. The van der Waals surface area contributed by atoms with Gasteiger partial charge < -0.3 is 0 Å². The number of nitrogens with one attached hydrogen (secondary N) is 1. The third kappa shape index (κ3) is 2.84. The number of rotatable bonds is 2. The second-order valence-corrected chi connectivity index (χ2v) is 7.61. The molecule has 7 nitrogen and oxygen atoms in total. The van der Waals surface area contributed by atoms with Gasteiger partial charge in [0.25, 0.3) is 15.8 Å². The van der Waals surface area contributed by atoms with Crippen molar-refractivity contribution in [3.8, 4) is 11.3 Å². The number of hydrogen-bond donors (Lipinski definition) is 2. The third-order valence-corrected chi connectivity index (χ3v) is 5.54. The molecule has 4 rings (SSSR count). The molecule has 1 aliphatic rings. The van der Waals surface area contributed by atoms with Gasteiger partial charge in [0.1, 0.15) is 0 Å². The van der Waals surface area contributed by atoms with Gasteiger partial charge in [-0.05, 0) is 29.7 Å². The van der Waals surface area contributed by atoms with Crippen molar-refractivity contribution in [3.05, 3.63) is 63.9 Å². The van der Waals surface area contributed by atoms with Crippen LogP contribution in [0.3, 0.4) is 0 Å². The molecule has 128 valence electrons. The average Bonchev–Trinajstić information content (AvgIpc) is 2.61. The highest BCUT2D eigenvalue weighted by molar-refractivity contribution is 7.86. The maximum atomic E-state index is 11.9. The fourth-order valence-electron chi connectivity index (χ4n) is 3.23. The number of H-pyrrole nitrogens is 1. The maximum Gasteiger partial charge on any atom is 0.277 e. The highest BCUT2D eigenvalue weighted by Gasteiger charge is 2.24. The molecule has 3 N–H and O–H groups in total. The fraction of sp³-hybridized carbons (Fsp3) is 0.176. The van der Waals surface area contributed by atoms with Crippen LogP contribution in [0.25, 0.3) is 22.0 Å². The molecule has 0 fully saturated rings. The van der Waals surface area contributed by atoms with Crippen LogP contribution >= 0.6 is 0 Å². The van der Waals surface area contributed by atoms with Crippen molar-refractivity contribution in [1.82, 2.24) is 14.5 Å². The molecule has 0 saturated heterocycles. The zero-order valence-electron chi connectivity index (χ0n) is 13.3. The topological polar surface area (TPSA) is 109 Å². The van der Waals surface area contributed by atoms with Gasteiger partial charge in [0.15, 0.2) is 0 Å². The van der Waals surface area contributed by atoms with Crippen LogP contribution in [0.1, 0.15) is 11.1 Å². The quantitative estimate of drug-likeness (QED) is 0.718. The van der Waals surface area contributed by atoms with E-state index >= 15 is 0 Å². The van der Waals surface area contributed by atoms with Gasteiger partial charge in [-0.2, -0.15) is 17.8 Å². The van der Waals surface area contributed by atoms with Gasteiger partial charge in [0.2, 0.25) is 0 Å². The Bertz CT molecular complexity index is 1140. The maximum absolute atomic E-state index is 11.9. The lowest BCUT2D eigenvalue weighted by Gasteiger charge is -2.26.